The van der Waals surface area contributed by atoms with Crippen LogP contribution in [0.4, 0.5) is 4.39 Å². The Morgan fingerprint density at radius 2 is 1.94 bits per heavy atom. The summed E-state index contributed by atoms with van der Waals surface area (Å²) in [5.41, 5.74) is 0. The summed E-state index contributed by atoms with van der Waals surface area (Å²) < 4.78 is 24.3. The number of piperidine rings is 1. The largest absolute Gasteiger partial charge is 0.489 e. The Kier molecular flexibility index (Phi) is 8.73. The minimum absolute atomic E-state index is 0.0603. The molecule has 0 aromatic heterocycles. The summed E-state index contributed by atoms with van der Waals surface area (Å²) in [7, 11) is 0. The molecule has 0 spiro atoms. The van der Waals surface area contributed by atoms with Crippen molar-refractivity contribution in [3.8, 4) is 5.75 Å². The van der Waals surface area contributed by atoms with Crippen LogP contribution in [0.15, 0.2) is 27.8 Å². The minimum atomic E-state index is -1.78. The van der Waals surface area contributed by atoms with Crippen molar-refractivity contribution in [1.29, 1.82) is 0 Å². The number of rotatable bonds is 4. The van der Waals surface area contributed by atoms with Crippen LogP contribution in [0, 0.1) is 5.82 Å². The summed E-state index contributed by atoms with van der Waals surface area (Å²) in [5, 5.41) is 14.2. The lowest BCUT2D eigenvalue weighted by Crippen LogP contribution is -2.50. The molecule has 1 aromatic carbocycles. The topological polar surface area (TPSA) is 144 Å². The van der Waals surface area contributed by atoms with E-state index in [0.29, 0.717) is 23.1 Å². The summed E-state index contributed by atoms with van der Waals surface area (Å²) in [5.74, 6) is -6.40. The van der Waals surface area contributed by atoms with Crippen molar-refractivity contribution >= 4 is 45.7 Å². The second-order valence-corrected chi connectivity index (χ2v) is 7.01. The van der Waals surface area contributed by atoms with Gasteiger partial charge in [-0.25, -0.2) is 18.8 Å². The van der Waals surface area contributed by atoms with Crippen LogP contribution in [0.5, 0.6) is 5.75 Å². The summed E-state index contributed by atoms with van der Waals surface area (Å²) in [4.78, 5) is 51.1. The highest BCUT2D eigenvalue weighted by molar-refractivity contribution is 9.10. The molecule has 168 valence electrons. The number of halogens is 2. The van der Waals surface area contributed by atoms with Gasteiger partial charge in [-0.05, 0) is 40.1 Å². The first-order chi connectivity index (χ1) is 14.7. The molecule has 1 aliphatic rings. The number of hydrogen-bond acceptors (Lipinski definition) is 8. The zero-order chi connectivity index (χ0) is 23.0. The first-order valence-corrected chi connectivity index (χ1v) is 9.87. The number of guanidine groups is 1. The number of carbonyl (C=O) groups is 4. The molecule has 2 rings (SSSR count). The maximum Gasteiger partial charge on any atom is 0.443 e. The maximum absolute atomic E-state index is 13.4. The van der Waals surface area contributed by atoms with Crippen molar-refractivity contribution in [2.45, 2.75) is 25.9 Å². The fourth-order valence-electron chi connectivity index (χ4n) is 2.56. The van der Waals surface area contributed by atoms with E-state index in [2.05, 4.69) is 30.7 Å². The third-order valence-electron chi connectivity index (χ3n) is 4.01. The second kappa shape index (κ2) is 11.2. The number of likely N-dealkylation sites (tertiary alicyclic amines) is 1. The van der Waals surface area contributed by atoms with Crippen molar-refractivity contribution in [2.24, 2.45) is 5.16 Å². The molecule has 31 heavy (non-hydrogen) atoms. The number of ether oxygens (including phenoxy) is 2. The number of nitrogens with zero attached hydrogens (tertiary/aromatic N) is 2. The van der Waals surface area contributed by atoms with Crippen LogP contribution in [0.2, 0.25) is 0 Å². The lowest BCUT2D eigenvalue weighted by molar-refractivity contribution is -0.167. The molecule has 1 fully saturated rings. The number of carboxylic acids is 1. The highest BCUT2D eigenvalue weighted by Gasteiger charge is 2.27. The molecule has 1 heterocycles. The van der Waals surface area contributed by atoms with Gasteiger partial charge in [0.05, 0.1) is 11.1 Å². The molecular formula is C18H19BrFN3O8. The standard InChI is InChI=1S/C18H19BrFN3O8/c1-2-29-16(27)17(28)31-22-18(21-14(24)15(25)26)23-7-5-11(6-8-23)30-13-9-10(20)3-4-12(13)19/h3-4,9,11H,2,5-8H2,1H3,(H,25,26)(H,21,22,24). The van der Waals surface area contributed by atoms with Crippen LogP contribution in [-0.4, -0.2) is 65.6 Å². The number of carbonyl (C=O) groups excluding carboxylic acids is 3. The van der Waals surface area contributed by atoms with E-state index in [1.165, 1.54) is 30.0 Å². The number of benzene rings is 1. The zero-order valence-corrected chi connectivity index (χ0v) is 17.9. The van der Waals surface area contributed by atoms with Gasteiger partial charge in [0, 0.05) is 32.0 Å². The van der Waals surface area contributed by atoms with Gasteiger partial charge in [-0.1, -0.05) is 0 Å². The molecule has 1 amide bonds. The summed E-state index contributed by atoms with van der Waals surface area (Å²) >= 11 is 3.28. The highest BCUT2D eigenvalue weighted by atomic mass is 79.9. The van der Waals surface area contributed by atoms with Gasteiger partial charge in [0.2, 0.25) is 5.96 Å². The van der Waals surface area contributed by atoms with E-state index < -0.39 is 29.6 Å². The molecule has 1 saturated heterocycles. The second-order valence-electron chi connectivity index (χ2n) is 6.15. The van der Waals surface area contributed by atoms with Crippen LogP contribution < -0.4 is 10.1 Å². The smallest absolute Gasteiger partial charge is 0.443 e. The van der Waals surface area contributed by atoms with Crippen molar-refractivity contribution in [1.82, 2.24) is 10.2 Å². The van der Waals surface area contributed by atoms with Gasteiger partial charge < -0.3 is 24.3 Å². The minimum Gasteiger partial charge on any atom is -0.489 e. The van der Waals surface area contributed by atoms with Gasteiger partial charge in [0.1, 0.15) is 17.7 Å². The molecule has 0 saturated carbocycles. The van der Waals surface area contributed by atoms with Crippen molar-refractivity contribution in [2.75, 3.05) is 19.7 Å². The molecule has 0 radical (unpaired) electrons. The van der Waals surface area contributed by atoms with Gasteiger partial charge in [-0.2, -0.15) is 0 Å². The number of aliphatic carboxylic acids is 1. The Labute approximate surface area is 184 Å². The monoisotopic (exact) mass is 503 g/mol. The zero-order valence-electron chi connectivity index (χ0n) is 16.3. The van der Waals surface area contributed by atoms with Gasteiger partial charge >= 0.3 is 23.8 Å². The number of nitrogens with one attached hydrogen (secondary N) is 1. The van der Waals surface area contributed by atoms with Gasteiger partial charge in [0.25, 0.3) is 0 Å². The van der Waals surface area contributed by atoms with Gasteiger partial charge in [-0.15, -0.1) is 0 Å². The average Bonchev–Trinajstić information content (AvgIpc) is 2.74. The molecule has 0 bridgehead atoms. The number of carboxylic acid groups (broad SMARTS) is 1. The lowest BCUT2D eigenvalue weighted by atomic mass is 10.1. The van der Waals surface area contributed by atoms with Crippen LogP contribution in [0.25, 0.3) is 0 Å². The molecule has 0 unspecified atom stereocenters. The molecule has 0 aliphatic carbocycles. The molecule has 1 aromatic rings. The van der Waals surface area contributed by atoms with Crippen molar-refractivity contribution in [3.05, 3.63) is 28.5 Å². The molecule has 1 aliphatic heterocycles. The Hall–Kier alpha value is -3.22. The molecule has 11 nitrogen and oxygen atoms in total. The number of amides is 1. The van der Waals surface area contributed by atoms with Crippen molar-refractivity contribution in [3.63, 3.8) is 0 Å². The average molecular weight is 504 g/mol. The lowest BCUT2D eigenvalue weighted by Gasteiger charge is -2.33. The van der Waals surface area contributed by atoms with E-state index >= 15 is 0 Å². The maximum atomic E-state index is 13.4. The fraction of sp³-hybridized carbons (Fsp3) is 0.389. The summed E-state index contributed by atoms with van der Waals surface area (Å²) in [6, 6.07) is 4.04. The van der Waals surface area contributed by atoms with E-state index in [0.717, 1.165) is 0 Å². The predicted octanol–water partition coefficient (Wildman–Crippen LogP) is 1.01. The van der Waals surface area contributed by atoms with E-state index in [-0.39, 0.29) is 31.8 Å². The summed E-state index contributed by atoms with van der Waals surface area (Å²) in [6.45, 7) is 1.89. The molecule has 0 atom stereocenters. The third kappa shape index (κ3) is 7.20. The van der Waals surface area contributed by atoms with Crippen LogP contribution in [-0.2, 0) is 28.8 Å². The predicted molar refractivity (Wildman–Crippen MR) is 105 cm³/mol. The first-order valence-electron chi connectivity index (χ1n) is 9.08. The fourth-order valence-corrected chi connectivity index (χ4v) is 2.90. The van der Waals surface area contributed by atoms with E-state index in [1.54, 1.807) is 0 Å². The number of oxime groups is 1. The van der Waals surface area contributed by atoms with Gasteiger partial charge in [0.15, 0.2) is 0 Å². The Morgan fingerprint density at radius 1 is 1.26 bits per heavy atom. The quantitative estimate of drug-likeness (QED) is 0.153. The Morgan fingerprint density at radius 3 is 2.55 bits per heavy atom. The summed E-state index contributed by atoms with van der Waals surface area (Å²) in [6.07, 6.45) is 0.501. The first kappa shape index (κ1) is 24.1. The highest BCUT2D eigenvalue weighted by Crippen LogP contribution is 2.28. The Bertz CT molecular complexity index is 887. The molecule has 13 heteroatoms. The van der Waals surface area contributed by atoms with E-state index in [9.17, 15) is 23.6 Å². The van der Waals surface area contributed by atoms with Crippen molar-refractivity contribution < 1.29 is 43.0 Å². The van der Waals surface area contributed by atoms with E-state index in [1.807, 2.05) is 5.32 Å². The van der Waals surface area contributed by atoms with Crippen LogP contribution in [0.1, 0.15) is 19.8 Å². The SMILES string of the molecule is CCOC(=O)C(=O)ON=C(NC(=O)C(=O)O)N1CCC(Oc2cc(F)ccc2Br)CC1. The van der Waals surface area contributed by atoms with E-state index in [4.69, 9.17) is 9.84 Å². The number of esters is 1. The Balaban J connectivity index is 2.04. The molecular weight excluding hydrogens is 485 g/mol. The van der Waals surface area contributed by atoms with Gasteiger partial charge in [-0.3, -0.25) is 10.1 Å². The normalized spacial score (nSPS) is 14.5. The molecule has 2 N–H and O–H groups in total. The van der Waals surface area contributed by atoms with Crippen LogP contribution in [0.3, 0.4) is 0 Å². The van der Waals surface area contributed by atoms with Crippen LogP contribution >= 0.6 is 15.9 Å². The third-order valence-corrected chi connectivity index (χ3v) is 4.66. The number of hydrogen-bond donors (Lipinski definition) is 2.